The fraction of sp³-hybridized carbons (Fsp3) is 0.333. The number of hydrogen-bond donors (Lipinski definition) is 1. The van der Waals surface area contributed by atoms with E-state index in [9.17, 15) is 9.59 Å². The number of fused-ring (bicyclic) bond motifs is 1. The van der Waals surface area contributed by atoms with Gasteiger partial charge in [-0.05, 0) is 38.5 Å². The summed E-state index contributed by atoms with van der Waals surface area (Å²) in [5.41, 5.74) is 1.81. The van der Waals surface area contributed by atoms with Gasteiger partial charge < -0.3 is 15.0 Å². The zero-order valence-corrected chi connectivity index (χ0v) is 15.6. The molecule has 1 aliphatic rings. The lowest BCUT2D eigenvalue weighted by Gasteiger charge is -2.29. The molecule has 0 saturated carbocycles. The smallest absolute Gasteiger partial charge is 0.255 e. The van der Waals surface area contributed by atoms with Crippen LogP contribution in [0.15, 0.2) is 48.5 Å². The van der Waals surface area contributed by atoms with Gasteiger partial charge >= 0.3 is 0 Å². The summed E-state index contributed by atoms with van der Waals surface area (Å²) in [5, 5.41) is 3.00. The SMILES string of the molecule is COc1ccccc1CN1C(=O)c2ccccc2C1C(=O)NC(C)(C)C. The van der Waals surface area contributed by atoms with Crippen molar-refractivity contribution in [1.29, 1.82) is 0 Å². The first kappa shape index (κ1) is 18.0. The second-order valence-electron chi connectivity index (χ2n) is 7.47. The predicted octanol–water partition coefficient (Wildman–Crippen LogP) is 3.31. The van der Waals surface area contributed by atoms with Gasteiger partial charge in [0.05, 0.1) is 13.7 Å². The third-order valence-corrected chi connectivity index (χ3v) is 4.34. The normalized spacial score (nSPS) is 16.4. The van der Waals surface area contributed by atoms with Gasteiger partial charge in [-0.1, -0.05) is 36.4 Å². The third-order valence-electron chi connectivity index (χ3n) is 4.34. The van der Waals surface area contributed by atoms with Crippen LogP contribution in [0.3, 0.4) is 0 Å². The van der Waals surface area contributed by atoms with Gasteiger partial charge in [0.25, 0.3) is 5.91 Å². The molecule has 1 heterocycles. The Labute approximate surface area is 154 Å². The van der Waals surface area contributed by atoms with Crippen molar-refractivity contribution >= 4 is 11.8 Å². The molecule has 2 aromatic carbocycles. The highest BCUT2D eigenvalue weighted by atomic mass is 16.5. The second kappa shape index (κ2) is 6.83. The van der Waals surface area contributed by atoms with Gasteiger partial charge in [0.2, 0.25) is 5.91 Å². The van der Waals surface area contributed by atoms with Crippen LogP contribution in [-0.4, -0.2) is 29.4 Å². The molecular formula is C21H24N2O3. The molecule has 2 aromatic rings. The zero-order valence-electron chi connectivity index (χ0n) is 15.6. The maximum absolute atomic E-state index is 13.0. The molecule has 0 fully saturated rings. The summed E-state index contributed by atoms with van der Waals surface area (Å²) >= 11 is 0. The van der Waals surface area contributed by atoms with Crippen LogP contribution in [0, 0.1) is 0 Å². The molecule has 5 nitrogen and oxygen atoms in total. The first-order chi connectivity index (χ1) is 12.3. The Morgan fingerprint density at radius 1 is 1.12 bits per heavy atom. The van der Waals surface area contributed by atoms with Crippen LogP contribution in [0.2, 0.25) is 0 Å². The minimum absolute atomic E-state index is 0.138. The minimum Gasteiger partial charge on any atom is -0.496 e. The molecule has 3 rings (SSSR count). The van der Waals surface area contributed by atoms with E-state index in [-0.39, 0.29) is 17.4 Å². The van der Waals surface area contributed by atoms with Crippen molar-refractivity contribution in [3.05, 3.63) is 65.2 Å². The fourth-order valence-electron chi connectivity index (χ4n) is 3.27. The largest absolute Gasteiger partial charge is 0.496 e. The molecule has 1 atom stereocenters. The van der Waals surface area contributed by atoms with Gasteiger partial charge in [-0.15, -0.1) is 0 Å². The van der Waals surface area contributed by atoms with Crippen molar-refractivity contribution in [3.63, 3.8) is 0 Å². The third kappa shape index (κ3) is 3.43. The molecule has 0 radical (unpaired) electrons. The number of nitrogens with one attached hydrogen (secondary N) is 1. The molecule has 5 heteroatoms. The van der Waals surface area contributed by atoms with Crippen LogP contribution in [0.1, 0.15) is 48.3 Å². The molecule has 0 saturated heterocycles. The summed E-state index contributed by atoms with van der Waals surface area (Å²) in [5.74, 6) is 0.387. The molecular weight excluding hydrogens is 328 g/mol. The van der Waals surface area contributed by atoms with E-state index in [0.717, 1.165) is 11.1 Å². The first-order valence-corrected chi connectivity index (χ1v) is 8.65. The lowest BCUT2D eigenvalue weighted by Crippen LogP contribution is -2.46. The Morgan fingerprint density at radius 2 is 1.77 bits per heavy atom. The van der Waals surface area contributed by atoms with Crippen LogP contribution in [0.4, 0.5) is 0 Å². The highest BCUT2D eigenvalue weighted by molar-refractivity contribution is 6.04. The molecule has 0 aromatic heterocycles. The van der Waals surface area contributed by atoms with Crippen LogP contribution in [0.25, 0.3) is 0 Å². The second-order valence-corrected chi connectivity index (χ2v) is 7.47. The Kier molecular flexibility index (Phi) is 4.72. The van der Waals surface area contributed by atoms with Gasteiger partial charge in [-0.25, -0.2) is 0 Å². The van der Waals surface area contributed by atoms with Gasteiger partial charge in [-0.2, -0.15) is 0 Å². The standard InChI is InChI=1S/C21H24N2O3/c1-21(2,3)22-19(24)18-15-10-6-7-11-16(15)20(25)23(18)13-14-9-5-8-12-17(14)26-4/h5-12,18H,13H2,1-4H3,(H,22,24). The van der Waals surface area contributed by atoms with Crippen molar-refractivity contribution in [2.24, 2.45) is 0 Å². The molecule has 0 spiro atoms. The lowest BCUT2D eigenvalue weighted by molar-refractivity contribution is -0.127. The summed E-state index contributed by atoms with van der Waals surface area (Å²) < 4.78 is 5.41. The number of carbonyl (C=O) groups excluding carboxylic acids is 2. The number of amides is 2. The average Bonchev–Trinajstić information content (AvgIpc) is 2.87. The highest BCUT2D eigenvalue weighted by Gasteiger charge is 2.41. The van der Waals surface area contributed by atoms with Crippen molar-refractivity contribution in [2.45, 2.75) is 38.9 Å². The molecule has 26 heavy (non-hydrogen) atoms. The molecule has 1 N–H and O–H groups in total. The molecule has 1 unspecified atom stereocenters. The van der Waals surface area contributed by atoms with Crippen LogP contribution in [0.5, 0.6) is 5.75 Å². The zero-order chi connectivity index (χ0) is 18.9. The van der Waals surface area contributed by atoms with E-state index >= 15 is 0 Å². The van der Waals surface area contributed by atoms with Crippen LogP contribution < -0.4 is 10.1 Å². The molecule has 0 bridgehead atoms. The Hall–Kier alpha value is -2.82. The van der Waals surface area contributed by atoms with E-state index in [4.69, 9.17) is 4.74 Å². The number of carbonyl (C=O) groups is 2. The van der Waals surface area contributed by atoms with Gasteiger partial charge in [0.15, 0.2) is 0 Å². The topological polar surface area (TPSA) is 58.6 Å². The monoisotopic (exact) mass is 352 g/mol. The van der Waals surface area contributed by atoms with Crippen molar-refractivity contribution in [2.75, 3.05) is 7.11 Å². The Morgan fingerprint density at radius 3 is 2.46 bits per heavy atom. The number of benzene rings is 2. The van der Waals surface area contributed by atoms with Crippen molar-refractivity contribution in [3.8, 4) is 5.75 Å². The maximum Gasteiger partial charge on any atom is 0.255 e. The first-order valence-electron chi connectivity index (χ1n) is 8.65. The minimum atomic E-state index is -0.650. The highest BCUT2D eigenvalue weighted by Crippen LogP contribution is 2.36. The Balaban J connectivity index is 1.99. The molecule has 2 amide bonds. The van der Waals surface area contributed by atoms with Gasteiger partial charge in [0.1, 0.15) is 11.8 Å². The van der Waals surface area contributed by atoms with E-state index in [1.807, 2.05) is 63.2 Å². The van der Waals surface area contributed by atoms with E-state index < -0.39 is 6.04 Å². The Bertz CT molecular complexity index is 839. The quantitative estimate of drug-likeness (QED) is 0.918. The predicted molar refractivity (Wildman–Crippen MR) is 99.9 cm³/mol. The summed E-state index contributed by atoms with van der Waals surface area (Å²) in [7, 11) is 1.60. The van der Waals surface area contributed by atoms with Crippen molar-refractivity contribution < 1.29 is 14.3 Å². The number of hydrogen-bond acceptors (Lipinski definition) is 3. The molecule has 136 valence electrons. The summed E-state index contributed by atoms with van der Waals surface area (Å²) in [6.07, 6.45) is 0. The van der Waals surface area contributed by atoms with E-state index in [1.54, 1.807) is 18.1 Å². The number of para-hydroxylation sites is 1. The lowest BCUT2D eigenvalue weighted by atomic mass is 10.0. The van der Waals surface area contributed by atoms with E-state index in [1.165, 1.54) is 0 Å². The van der Waals surface area contributed by atoms with Gasteiger partial charge in [0, 0.05) is 16.7 Å². The van der Waals surface area contributed by atoms with Crippen LogP contribution >= 0.6 is 0 Å². The fourth-order valence-corrected chi connectivity index (χ4v) is 3.27. The average molecular weight is 352 g/mol. The summed E-state index contributed by atoms with van der Waals surface area (Å²) in [4.78, 5) is 27.6. The maximum atomic E-state index is 13.0. The van der Waals surface area contributed by atoms with Crippen molar-refractivity contribution in [1.82, 2.24) is 10.2 Å². The van der Waals surface area contributed by atoms with E-state index in [0.29, 0.717) is 17.9 Å². The number of nitrogens with zero attached hydrogens (tertiary/aromatic N) is 1. The van der Waals surface area contributed by atoms with Gasteiger partial charge in [-0.3, -0.25) is 9.59 Å². The summed E-state index contributed by atoms with van der Waals surface area (Å²) in [6, 6.07) is 14.2. The molecule has 1 aliphatic heterocycles. The molecule has 0 aliphatic carbocycles. The number of ether oxygens (including phenoxy) is 1. The van der Waals surface area contributed by atoms with Crippen LogP contribution in [-0.2, 0) is 11.3 Å². The van der Waals surface area contributed by atoms with E-state index in [2.05, 4.69) is 5.32 Å². The number of methoxy groups -OCH3 is 1. The number of rotatable bonds is 4. The summed E-state index contributed by atoms with van der Waals surface area (Å²) in [6.45, 7) is 6.09.